The predicted molar refractivity (Wildman–Crippen MR) is 56.9 cm³/mol. The first-order valence-electron chi connectivity index (χ1n) is 3.76. The minimum absolute atomic E-state index is 0.553. The molecule has 4 heteroatoms. The molecule has 1 aromatic rings. The van der Waals surface area contributed by atoms with Crippen LogP contribution in [-0.4, -0.2) is 12.1 Å². The van der Waals surface area contributed by atoms with Crippen LogP contribution in [0.25, 0.3) is 0 Å². The fourth-order valence-corrected chi connectivity index (χ4v) is 1.19. The van der Waals surface area contributed by atoms with Crippen LogP contribution in [-0.2, 0) is 0 Å². The lowest BCUT2D eigenvalue weighted by Crippen LogP contribution is -1.98. The van der Waals surface area contributed by atoms with Crippen molar-refractivity contribution in [2.45, 2.75) is 6.92 Å². The van der Waals surface area contributed by atoms with Gasteiger partial charge in [0, 0.05) is 5.70 Å². The van der Waals surface area contributed by atoms with E-state index in [1.54, 1.807) is 7.11 Å². The first-order valence-corrected chi connectivity index (χ1v) is 4.56. The van der Waals surface area contributed by atoms with Crippen molar-refractivity contribution in [3.05, 3.63) is 29.0 Å². The quantitative estimate of drug-likeness (QED) is 0.829. The molecule has 70 valence electrons. The van der Waals surface area contributed by atoms with E-state index < -0.39 is 0 Å². The van der Waals surface area contributed by atoms with Crippen molar-refractivity contribution >= 4 is 21.6 Å². The summed E-state index contributed by atoms with van der Waals surface area (Å²) in [6.07, 6.45) is 0. The number of pyridine rings is 1. The van der Waals surface area contributed by atoms with Crippen LogP contribution in [0.2, 0.25) is 0 Å². The highest BCUT2D eigenvalue weighted by Gasteiger charge is 2.03. The highest BCUT2D eigenvalue weighted by molar-refractivity contribution is 9.10. The lowest BCUT2D eigenvalue weighted by atomic mass is 10.4. The Kier molecular flexibility index (Phi) is 3.31. The average Bonchev–Trinajstić information content (AvgIpc) is 2.07. The average molecular weight is 243 g/mol. The van der Waals surface area contributed by atoms with Gasteiger partial charge in [-0.15, -0.1) is 0 Å². The number of halogens is 1. The summed E-state index contributed by atoms with van der Waals surface area (Å²) in [5.74, 6) is 0.553. The Morgan fingerprint density at radius 2 is 2.31 bits per heavy atom. The number of allylic oxidation sites excluding steroid dienone is 1. The number of anilines is 1. The normalized spacial score (nSPS) is 9.46. The van der Waals surface area contributed by atoms with Crippen molar-refractivity contribution < 1.29 is 4.74 Å². The standard InChI is InChI=1S/C9H11BrN2O/c1-6(2)11-7-4-5-8(10)12-9(7)13-3/h4-5,11H,1H2,2-3H3. The second kappa shape index (κ2) is 4.28. The van der Waals surface area contributed by atoms with E-state index in [2.05, 4.69) is 32.8 Å². The number of ether oxygens (including phenoxy) is 1. The van der Waals surface area contributed by atoms with Crippen LogP contribution in [0.4, 0.5) is 5.69 Å². The number of nitrogens with zero attached hydrogens (tertiary/aromatic N) is 1. The molecule has 0 spiro atoms. The number of hydrogen-bond acceptors (Lipinski definition) is 3. The SMILES string of the molecule is C=C(C)Nc1ccc(Br)nc1OC. The van der Waals surface area contributed by atoms with Crippen molar-refractivity contribution in [2.75, 3.05) is 12.4 Å². The van der Waals surface area contributed by atoms with Crippen LogP contribution in [0, 0.1) is 0 Å². The van der Waals surface area contributed by atoms with Gasteiger partial charge in [-0.3, -0.25) is 0 Å². The molecule has 1 rings (SSSR count). The zero-order chi connectivity index (χ0) is 9.84. The minimum atomic E-state index is 0.553. The van der Waals surface area contributed by atoms with Crippen LogP contribution in [0.15, 0.2) is 29.0 Å². The van der Waals surface area contributed by atoms with Crippen LogP contribution in [0.1, 0.15) is 6.92 Å². The maximum atomic E-state index is 5.08. The Balaban J connectivity index is 2.99. The van der Waals surface area contributed by atoms with Crippen LogP contribution < -0.4 is 10.1 Å². The van der Waals surface area contributed by atoms with Gasteiger partial charge in [0.25, 0.3) is 0 Å². The maximum absolute atomic E-state index is 5.08. The molecule has 0 saturated heterocycles. The number of hydrogen-bond donors (Lipinski definition) is 1. The van der Waals surface area contributed by atoms with Gasteiger partial charge in [-0.1, -0.05) is 6.58 Å². The van der Waals surface area contributed by atoms with Crippen molar-refractivity contribution in [1.82, 2.24) is 4.98 Å². The first kappa shape index (κ1) is 10.1. The fraction of sp³-hybridized carbons (Fsp3) is 0.222. The molecule has 0 fully saturated rings. The lowest BCUT2D eigenvalue weighted by Gasteiger charge is -2.09. The van der Waals surface area contributed by atoms with Crippen molar-refractivity contribution in [3.63, 3.8) is 0 Å². The molecular formula is C9H11BrN2O. The van der Waals surface area contributed by atoms with Crippen LogP contribution in [0.3, 0.4) is 0 Å². The Morgan fingerprint density at radius 3 is 2.85 bits per heavy atom. The third-order valence-corrected chi connectivity index (χ3v) is 1.81. The summed E-state index contributed by atoms with van der Waals surface area (Å²) in [7, 11) is 1.58. The third kappa shape index (κ3) is 2.73. The second-order valence-corrected chi connectivity index (χ2v) is 3.41. The lowest BCUT2D eigenvalue weighted by molar-refractivity contribution is 0.399. The van der Waals surface area contributed by atoms with Gasteiger partial charge in [-0.25, -0.2) is 4.98 Å². The summed E-state index contributed by atoms with van der Waals surface area (Å²) >= 11 is 3.26. The molecule has 0 radical (unpaired) electrons. The first-order chi connectivity index (χ1) is 6.13. The molecule has 0 aliphatic rings. The van der Waals surface area contributed by atoms with Crippen molar-refractivity contribution in [2.24, 2.45) is 0 Å². The van der Waals surface area contributed by atoms with E-state index in [0.29, 0.717) is 5.88 Å². The molecule has 0 aliphatic heterocycles. The van der Waals surface area contributed by atoms with E-state index in [1.807, 2.05) is 19.1 Å². The smallest absolute Gasteiger partial charge is 0.238 e. The van der Waals surface area contributed by atoms with Gasteiger partial charge in [-0.2, -0.15) is 0 Å². The largest absolute Gasteiger partial charge is 0.479 e. The molecule has 1 heterocycles. The Labute approximate surface area is 86.0 Å². The van der Waals surface area contributed by atoms with E-state index in [-0.39, 0.29) is 0 Å². The van der Waals surface area contributed by atoms with Gasteiger partial charge in [0.2, 0.25) is 5.88 Å². The predicted octanol–water partition coefficient (Wildman–Crippen LogP) is 2.80. The van der Waals surface area contributed by atoms with Gasteiger partial charge in [0.05, 0.1) is 7.11 Å². The molecule has 0 saturated carbocycles. The molecule has 3 nitrogen and oxygen atoms in total. The van der Waals surface area contributed by atoms with Gasteiger partial charge in [0.15, 0.2) is 0 Å². The van der Waals surface area contributed by atoms with E-state index in [9.17, 15) is 0 Å². The summed E-state index contributed by atoms with van der Waals surface area (Å²) in [6, 6.07) is 3.72. The molecule has 13 heavy (non-hydrogen) atoms. The molecule has 1 aromatic heterocycles. The molecule has 0 bridgehead atoms. The molecule has 0 amide bonds. The number of aromatic nitrogens is 1. The topological polar surface area (TPSA) is 34.2 Å². The molecular weight excluding hydrogens is 232 g/mol. The minimum Gasteiger partial charge on any atom is -0.479 e. The molecule has 0 atom stereocenters. The molecule has 1 N–H and O–H groups in total. The Hall–Kier alpha value is -1.03. The monoisotopic (exact) mass is 242 g/mol. The summed E-state index contributed by atoms with van der Waals surface area (Å²) in [5.41, 5.74) is 1.67. The number of rotatable bonds is 3. The number of methoxy groups -OCH3 is 1. The zero-order valence-corrected chi connectivity index (χ0v) is 9.18. The van der Waals surface area contributed by atoms with E-state index >= 15 is 0 Å². The molecule has 0 unspecified atom stereocenters. The van der Waals surface area contributed by atoms with Gasteiger partial charge in [-0.05, 0) is 35.0 Å². The fourth-order valence-electron chi connectivity index (χ4n) is 0.899. The molecule has 0 aliphatic carbocycles. The highest BCUT2D eigenvalue weighted by Crippen LogP contribution is 2.24. The van der Waals surface area contributed by atoms with Gasteiger partial charge < -0.3 is 10.1 Å². The summed E-state index contributed by atoms with van der Waals surface area (Å²) < 4.78 is 5.83. The molecule has 0 aromatic carbocycles. The van der Waals surface area contributed by atoms with Crippen LogP contribution in [0.5, 0.6) is 5.88 Å². The summed E-state index contributed by atoms with van der Waals surface area (Å²) in [6.45, 7) is 5.62. The second-order valence-electron chi connectivity index (χ2n) is 2.60. The van der Waals surface area contributed by atoms with E-state index in [1.165, 1.54) is 0 Å². The van der Waals surface area contributed by atoms with Gasteiger partial charge in [0.1, 0.15) is 10.3 Å². The Morgan fingerprint density at radius 1 is 1.62 bits per heavy atom. The third-order valence-electron chi connectivity index (χ3n) is 1.37. The zero-order valence-electron chi connectivity index (χ0n) is 7.60. The Bertz CT molecular complexity index is 325. The highest BCUT2D eigenvalue weighted by atomic mass is 79.9. The maximum Gasteiger partial charge on any atom is 0.238 e. The summed E-state index contributed by atoms with van der Waals surface area (Å²) in [4.78, 5) is 4.14. The van der Waals surface area contributed by atoms with Gasteiger partial charge >= 0.3 is 0 Å². The van der Waals surface area contributed by atoms with Crippen molar-refractivity contribution in [3.8, 4) is 5.88 Å². The van der Waals surface area contributed by atoms with E-state index in [0.717, 1.165) is 16.0 Å². The van der Waals surface area contributed by atoms with E-state index in [4.69, 9.17) is 4.74 Å². The number of nitrogens with one attached hydrogen (secondary N) is 1. The summed E-state index contributed by atoms with van der Waals surface area (Å²) in [5, 5.41) is 3.05. The van der Waals surface area contributed by atoms with Crippen LogP contribution >= 0.6 is 15.9 Å². The van der Waals surface area contributed by atoms with Crippen molar-refractivity contribution in [1.29, 1.82) is 0 Å².